The average Bonchev–Trinajstić information content (AvgIpc) is 2.91. The van der Waals surface area contributed by atoms with Crippen molar-refractivity contribution in [3.8, 4) is 0 Å². The SMILES string of the molecule is CCCCCCCCC(NN)C(=S)N1CCCC1. The van der Waals surface area contributed by atoms with Gasteiger partial charge >= 0.3 is 0 Å². The molecule has 0 spiro atoms. The topological polar surface area (TPSA) is 41.3 Å². The maximum absolute atomic E-state index is 5.64. The Hall–Kier alpha value is -0.190. The summed E-state index contributed by atoms with van der Waals surface area (Å²) in [5.41, 5.74) is 2.90. The normalized spacial score (nSPS) is 17.1. The van der Waals surface area contributed by atoms with Gasteiger partial charge in [-0.2, -0.15) is 0 Å². The van der Waals surface area contributed by atoms with Crippen LogP contribution in [0.25, 0.3) is 0 Å². The molecule has 1 heterocycles. The molecule has 0 saturated carbocycles. The van der Waals surface area contributed by atoms with Crippen LogP contribution < -0.4 is 11.3 Å². The molecule has 0 bridgehead atoms. The molecule has 1 rings (SSSR count). The summed E-state index contributed by atoms with van der Waals surface area (Å²) in [5.74, 6) is 5.64. The number of thiocarbonyl (C=S) groups is 1. The minimum Gasteiger partial charge on any atom is -0.365 e. The van der Waals surface area contributed by atoms with Gasteiger partial charge in [0, 0.05) is 13.1 Å². The number of unbranched alkanes of at least 4 members (excludes halogenated alkanes) is 5. The summed E-state index contributed by atoms with van der Waals surface area (Å²) in [7, 11) is 0. The number of hydrazine groups is 1. The van der Waals surface area contributed by atoms with Gasteiger partial charge in [-0.05, 0) is 19.3 Å². The van der Waals surface area contributed by atoms with E-state index in [1.54, 1.807) is 0 Å². The summed E-state index contributed by atoms with van der Waals surface area (Å²) in [4.78, 5) is 3.35. The van der Waals surface area contributed by atoms with E-state index in [-0.39, 0.29) is 6.04 Å². The molecule has 0 amide bonds. The van der Waals surface area contributed by atoms with Gasteiger partial charge in [0.2, 0.25) is 0 Å². The fourth-order valence-electron chi connectivity index (χ4n) is 2.56. The fraction of sp³-hybridized carbons (Fsp3) is 0.929. The van der Waals surface area contributed by atoms with Gasteiger partial charge in [-0.3, -0.25) is 11.3 Å². The van der Waals surface area contributed by atoms with Crippen LogP contribution in [-0.4, -0.2) is 29.0 Å². The number of nitrogens with two attached hydrogens (primary N) is 1. The largest absolute Gasteiger partial charge is 0.365 e. The fourth-order valence-corrected chi connectivity index (χ4v) is 2.93. The van der Waals surface area contributed by atoms with Crippen molar-refractivity contribution in [3.05, 3.63) is 0 Å². The lowest BCUT2D eigenvalue weighted by Gasteiger charge is -2.25. The van der Waals surface area contributed by atoms with Gasteiger partial charge in [0.1, 0.15) is 0 Å². The van der Waals surface area contributed by atoms with E-state index in [0.717, 1.165) is 24.5 Å². The van der Waals surface area contributed by atoms with Gasteiger partial charge in [-0.25, -0.2) is 0 Å². The first kappa shape index (κ1) is 15.9. The Labute approximate surface area is 117 Å². The van der Waals surface area contributed by atoms with E-state index >= 15 is 0 Å². The van der Waals surface area contributed by atoms with Crippen LogP contribution in [0.3, 0.4) is 0 Å². The lowest BCUT2D eigenvalue weighted by atomic mass is 10.1. The molecule has 1 aliphatic rings. The molecule has 0 aromatic rings. The van der Waals surface area contributed by atoms with Crippen molar-refractivity contribution in [2.24, 2.45) is 5.84 Å². The smallest absolute Gasteiger partial charge is 0.0965 e. The quantitative estimate of drug-likeness (QED) is 0.293. The third kappa shape index (κ3) is 5.63. The summed E-state index contributed by atoms with van der Waals surface area (Å²) < 4.78 is 0. The first-order valence-corrected chi connectivity index (χ1v) is 7.95. The summed E-state index contributed by atoms with van der Waals surface area (Å²) in [6.45, 7) is 4.49. The molecule has 1 saturated heterocycles. The molecule has 4 heteroatoms. The number of likely N-dealkylation sites (tertiary alicyclic amines) is 1. The van der Waals surface area contributed by atoms with Gasteiger partial charge in [-0.1, -0.05) is 57.7 Å². The van der Waals surface area contributed by atoms with Crippen LogP contribution in [0.5, 0.6) is 0 Å². The van der Waals surface area contributed by atoms with Crippen LogP contribution in [0.4, 0.5) is 0 Å². The lowest BCUT2D eigenvalue weighted by Crippen LogP contribution is -2.47. The summed E-state index contributed by atoms with van der Waals surface area (Å²) in [6, 6.07) is 0.198. The van der Waals surface area contributed by atoms with Crippen molar-refractivity contribution >= 4 is 17.2 Å². The molecular formula is C14H29N3S. The summed E-state index contributed by atoms with van der Waals surface area (Å²) >= 11 is 5.54. The molecule has 18 heavy (non-hydrogen) atoms. The van der Waals surface area contributed by atoms with E-state index in [2.05, 4.69) is 17.2 Å². The third-order valence-electron chi connectivity index (χ3n) is 3.76. The second-order valence-corrected chi connectivity index (χ2v) is 5.73. The first-order valence-electron chi connectivity index (χ1n) is 7.54. The van der Waals surface area contributed by atoms with E-state index in [9.17, 15) is 0 Å². The van der Waals surface area contributed by atoms with Crippen LogP contribution in [0.1, 0.15) is 64.7 Å². The Kier molecular flexibility index (Phi) is 8.55. The van der Waals surface area contributed by atoms with E-state index in [4.69, 9.17) is 18.1 Å². The summed E-state index contributed by atoms with van der Waals surface area (Å²) in [6.07, 6.45) is 11.6. The molecule has 0 aromatic heterocycles. The van der Waals surface area contributed by atoms with Crippen LogP contribution in [-0.2, 0) is 0 Å². The molecule has 0 radical (unpaired) electrons. The van der Waals surface area contributed by atoms with E-state index in [1.807, 2.05) is 0 Å². The monoisotopic (exact) mass is 271 g/mol. The van der Waals surface area contributed by atoms with Crippen molar-refractivity contribution in [3.63, 3.8) is 0 Å². The van der Waals surface area contributed by atoms with E-state index in [0.29, 0.717) is 0 Å². The predicted molar refractivity (Wildman–Crippen MR) is 82.5 cm³/mol. The van der Waals surface area contributed by atoms with Gasteiger partial charge < -0.3 is 4.90 Å². The lowest BCUT2D eigenvalue weighted by molar-refractivity contribution is 0.463. The third-order valence-corrected chi connectivity index (χ3v) is 4.31. The second-order valence-electron chi connectivity index (χ2n) is 5.31. The zero-order valence-electron chi connectivity index (χ0n) is 11.8. The molecule has 106 valence electrons. The van der Waals surface area contributed by atoms with E-state index in [1.165, 1.54) is 51.4 Å². The van der Waals surface area contributed by atoms with Crippen LogP contribution in [0.2, 0.25) is 0 Å². The second kappa shape index (κ2) is 9.70. The number of nitrogens with one attached hydrogen (secondary N) is 1. The number of hydrogen-bond donors (Lipinski definition) is 2. The van der Waals surface area contributed by atoms with Gasteiger partial charge in [-0.15, -0.1) is 0 Å². The maximum Gasteiger partial charge on any atom is 0.0965 e. The van der Waals surface area contributed by atoms with Gasteiger partial charge in [0.25, 0.3) is 0 Å². The highest BCUT2D eigenvalue weighted by molar-refractivity contribution is 7.80. The number of hydrogen-bond acceptors (Lipinski definition) is 3. The molecule has 1 fully saturated rings. The van der Waals surface area contributed by atoms with Crippen molar-refractivity contribution < 1.29 is 0 Å². The first-order chi connectivity index (χ1) is 8.79. The molecule has 0 aliphatic carbocycles. The molecule has 3 N–H and O–H groups in total. The van der Waals surface area contributed by atoms with Crippen molar-refractivity contribution in [1.82, 2.24) is 10.3 Å². The van der Waals surface area contributed by atoms with Gasteiger partial charge in [0.15, 0.2) is 0 Å². The molecular weight excluding hydrogens is 242 g/mol. The Morgan fingerprint density at radius 1 is 1.17 bits per heavy atom. The average molecular weight is 271 g/mol. The highest BCUT2D eigenvalue weighted by Crippen LogP contribution is 2.14. The zero-order chi connectivity index (χ0) is 13.2. The van der Waals surface area contributed by atoms with Crippen molar-refractivity contribution in [2.75, 3.05) is 13.1 Å². The highest BCUT2D eigenvalue weighted by Gasteiger charge is 2.21. The van der Waals surface area contributed by atoms with Crippen molar-refractivity contribution in [2.45, 2.75) is 70.8 Å². The number of rotatable bonds is 9. The molecule has 3 nitrogen and oxygen atoms in total. The Bertz CT molecular complexity index is 227. The molecule has 1 unspecified atom stereocenters. The molecule has 0 aromatic carbocycles. The Morgan fingerprint density at radius 3 is 2.39 bits per heavy atom. The highest BCUT2D eigenvalue weighted by atomic mass is 32.1. The summed E-state index contributed by atoms with van der Waals surface area (Å²) in [5, 5.41) is 0. The minimum absolute atomic E-state index is 0.198. The van der Waals surface area contributed by atoms with Crippen LogP contribution >= 0.6 is 12.2 Å². The van der Waals surface area contributed by atoms with E-state index < -0.39 is 0 Å². The standard InChI is InChI=1S/C14H29N3S/c1-2-3-4-5-6-7-10-13(16-15)14(18)17-11-8-9-12-17/h13,16H,2-12,15H2,1H3. The maximum atomic E-state index is 5.64. The Morgan fingerprint density at radius 2 is 1.78 bits per heavy atom. The molecule has 1 aliphatic heterocycles. The number of nitrogens with zero attached hydrogens (tertiary/aromatic N) is 1. The Balaban J connectivity index is 2.14. The minimum atomic E-state index is 0.198. The van der Waals surface area contributed by atoms with Crippen LogP contribution in [0.15, 0.2) is 0 Å². The zero-order valence-corrected chi connectivity index (χ0v) is 12.6. The van der Waals surface area contributed by atoms with Gasteiger partial charge in [0.05, 0.1) is 11.0 Å². The predicted octanol–water partition coefficient (Wildman–Crippen LogP) is 2.99. The van der Waals surface area contributed by atoms with Crippen molar-refractivity contribution in [1.29, 1.82) is 0 Å². The van der Waals surface area contributed by atoms with Crippen LogP contribution in [0, 0.1) is 0 Å². The molecule has 1 atom stereocenters.